The molecule has 1 aliphatic rings. The van der Waals surface area contributed by atoms with Gasteiger partial charge in [0.2, 0.25) is 0 Å². The highest BCUT2D eigenvalue weighted by Gasteiger charge is 2.43. The summed E-state index contributed by atoms with van der Waals surface area (Å²) in [5, 5.41) is 50.4. The highest BCUT2D eigenvalue weighted by atomic mass is 16.6. The molecule has 1 heterocycles. The number of ether oxygens (including phenoxy) is 1. The van der Waals surface area contributed by atoms with Crippen LogP contribution >= 0.6 is 0 Å². The molecule has 1 saturated heterocycles. The van der Waals surface area contributed by atoms with Crippen molar-refractivity contribution in [3.63, 3.8) is 0 Å². The van der Waals surface area contributed by atoms with Crippen molar-refractivity contribution in [1.29, 1.82) is 0 Å². The second-order valence-electron chi connectivity index (χ2n) is 4.41. The number of rotatable bonds is 3. The van der Waals surface area contributed by atoms with Crippen molar-refractivity contribution in [1.82, 2.24) is 0 Å². The quantitative estimate of drug-likeness (QED) is 0.374. The molecular formula is C12H17NO6. The average molecular weight is 271 g/mol. The first-order chi connectivity index (χ1) is 9.04. The Morgan fingerprint density at radius 2 is 1.74 bits per heavy atom. The number of anilines is 1. The van der Waals surface area contributed by atoms with E-state index in [1.54, 1.807) is 18.2 Å². The highest BCUT2D eigenvalue weighted by Crippen LogP contribution is 2.27. The Bertz CT molecular complexity index is 426. The Morgan fingerprint density at radius 1 is 1.05 bits per heavy atom. The maximum absolute atomic E-state index is 9.81. The molecule has 0 aliphatic carbocycles. The van der Waals surface area contributed by atoms with Gasteiger partial charge in [0.25, 0.3) is 0 Å². The van der Waals surface area contributed by atoms with E-state index in [0.717, 1.165) is 0 Å². The van der Waals surface area contributed by atoms with Crippen molar-refractivity contribution < 1.29 is 30.3 Å². The van der Waals surface area contributed by atoms with Gasteiger partial charge in [-0.25, -0.2) is 0 Å². The monoisotopic (exact) mass is 271 g/mol. The number of aliphatic hydroxyl groups excluding tert-OH is 4. The molecule has 0 saturated carbocycles. The van der Waals surface area contributed by atoms with Crippen LogP contribution < -0.4 is 5.32 Å². The fourth-order valence-electron chi connectivity index (χ4n) is 1.97. The lowest BCUT2D eigenvalue weighted by atomic mass is 9.98. The maximum Gasteiger partial charge on any atom is 0.157 e. The lowest BCUT2D eigenvalue weighted by Gasteiger charge is -2.40. The number of hydrogen-bond donors (Lipinski definition) is 6. The Balaban J connectivity index is 2.13. The second kappa shape index (κ2) is 5.72. The van der Waals surface area contributed by atoms with E-state index in [1.807, 2.05) is 0 Å². The number of benzene rings is 1. The number of nitrogens with one attached hydrogen (secondary N) is 1. The average Bonchev–Trinajstić information content (AvgIpc) is 2.41. The first-order valence-corrected chi connectivity index (χ1v) is 5.89. The number of phenols is 1. The molecule has 19 heavy (non-hydrogen) atoms. The molecule has 7 heteroatoms. The van der Waals surface area contributed by atoms with Gasteiger partial charge in [-0.2, -0.15) is 0 Å². The van der Waals surface area contributed by atoms with Crippen LogP contribution in [0.25, 0.3) is 0 Å². The predicted octanol–water partition coefficient (Wildman–Crippen LogP) is -1.40. The first-order valence-electron chi connectivity index (χ1n) is 5.89. The lowest BCUT2D eigenvalue weighted by Crippen LogP contribution is -2.60. The van der Waals surface area contributed by atoms with Crippen molar-refractivity contribution in [2.45, 2.75) is 30.6 Å². The maximum atomic E-state index is 9.81. The van der Waals surface area contributed by atoms with Gasteiger partial charge in [0.15, 0.2) is 6.23 Å². The molecule has 0 aromatic heterocycles. The lowest BCUT2D eigenvalue weighted by molar-refractivity contribution is -0.221. The largest absolute Gasteiger partial charge is 0.506 e. The Kier molecular flexibility index (Phi) is 4.23. The number of aliphatic hydroxyl groups is 4. The van der Waals surface area contributed by atoms with E-state index >= 15 is 0 Å². The van der Waals surface area contributed by atoms with Crippen LogP contribution in [-0.2, 0) is 4.74 Å². The molecular weight excluding hydrogens is 254 g/mol. The van der Waals surface area contributed by atoms with Gasteiger partial charge in [0, 0.05) is 0 Å². The number of aromatic hydroxyl groups is 1. The van der Waals surface area contributed by atoms with Gasteiger partial charge in [0.1, 0.15) is 30.2 Å². The van der Waals surface area contributed by atoms with Crippen LogP contribution in [0.5, 0.6) is 5.75 Å². The minimum absolute atomic E-state index is 0.0422. The van der Waals surface area contributed by atoms with E-state index in [4.69, 9.17) is 9.84 Å². The molecule has 0 spiro atoms. The van der Waals surface area contributed by atoms with Gasteiger partial charge >= 0.3 is 0 Å². The van der Waals surface area contributed by atoms with E-state index in [2.05, 4.69) is 5.32 Å². The van der Waals surface area contributed by atoms with E-state index in [9.17, 15) is 20.4 Å². The molecule has 0 amide bonds. The first kappa shape index (κ1) is 14.0. The predicted molar refractivity (Wildman–Crippen MR) is 65.5 cm³/mol. The van der Waals surface area contributed by atoms with Crippen molar-refractivity contribution in [3.05, 3.63) is 24.3 Å². The van der Waals surface area contributed by atoms with Gasteiger partial charge in [-0.15, -0.1) is 0 Å². The zero-order valence-electron chi connectivity index (χ0n) is 10.0. The third-order valence-electron chi connectivity index (χ3n) is 3.09. The molecule has 1 aromatic carbocycles. The molecule has 6 N–H and O–H groups in total. The minimum atomic E-state index is -1.45. The topological polar surface area (TPSA) is 122 Å². The van der Waals surface area contributed by atoms with Crippen LogP contribution in [0.4, 0.5) is 5.69 Å². The van der Waals surface area contributed by atoms with E-state index in [-0.39, 0.29) is 5.75 Å². The number of phenolic OH excluding ortho intramolecular Hbond substituents is 1. The van der Waals surface area contributed by atoms with Gasteiger partial charge in [-0.05, 0) is 12.1 Å². The van der Waals surface area contributed by atoms with Crippen molar-refractivity contribution in [2.24, 2.45) is 0 Å². The molecule has 5 atom stereocenters. The molecule has 0 bridgehead atoms. The SMILES string of the molecule is OC[C@H]1OC(Nc2ccccc2O)[C@H](O)[C@@H](O)[C@@H]1O. The van der Waals surface area contributed by atoms with Crippen LogP contribution in [-0.4, -0.2) is 62.8 Å². The number of hydrogen-bond acceptors (Lipinski definition) is 7. The summed E-state index contributed by atoms with van der Waals surface area (Å²) in [5.41, 5.74) is 0.312. The fraction of sp³-hybridized carbons (Fsp3) is 0.500. The number of para-hydroxylation sites is 2. The summed E-state index contributed by atoms with van der Waals surface area (Å²) in [6, 6.07) is 6.32. The Labute approximate surface area is 109 Å². The molecule has 1 aliphatic heterocycles. The van der Waals surface area contributed by atoms with E-state index in [0.29, 0.717) is 5.69 Å². The van der Waals surface area contributed by atoms with E-state index < -0.39 is 37.3 Å². The standard InChI is InChI=1S/C12H17NO6/c14-5-8-9(16)10(17)11(18)12(19-8)13-6-3-1-2-4-7(6)15/h1-4,8-18H,5H2/t8-,9-,10+,11-,12?/m1/s1. The third-order valence-corrected chi connectivity index (χ3v) is 3.09. The summed E-state index contributed by atoms with van der Waals surface area (Å²) in [7, 11) is 0. The smallest absolute Gasteiger partial charge is 0.157 e. The van der Waals surface area contributed by atoms with Gasteiger partial charge in [0.05, 0.1) is 12.3 Å². The molecule has 1 aromatic rings. The van der Waals surface area contributed by atoms with E-state index in [1.165, 1.54) is 6.07 Å². The minimum Gasteiger partial charge on any atom is -0.506 e. The zero-order valence-corrected chi connectivity index (χ0v) is 10.0. The summed E-state index contributed by atoms with van der Waals surface area (Å²) < 4.78 is 5.26. The summed E-state index contributed by atoms with van der Waals surface area (Å²) in [5.74, 6) is -0.0422. The molecule has 1 fully saturated rings. The van der Waals surface area contributed by atoms with Crippen LogP contribution in [0, 0.1) is 0 Å². The van der Waals surface area contributed by atoms with Crippen LogP contribution in [0.2, 0.25) is 0 Å². The highest BCUT2D eigenvalue weighted by molar-refractivity contribution is 5.55. The molecule has 0 radical (unpaired) electrons. The van der Waals surface area contributed by atoms with Crippen LogP contribution in [0.1, 0.15) is 0 Å². The second-order valence-corrected chi connectivity index (χ2v) is 4.41. The van der Waals surface area contributed by atoms with Gasteiger partial charge in [-0.3, -0.25) is 0 Å². The summed E-state index contributed by atoms with van der Waals surface area (Å²) >= 11 is 0. The molecule has 106 valence electrons. The van der Waals surface area contributed by atoms with Crippen LogP contribution in [0.15, 0.2) is 24.3 Å². The van der Waals surface area contributed by atoms with Crippen molar-refractivity contribution in [3.8, 4) is 5.75 Å². The van der Waals surface area contributed by atoms with Crippen molar-refractivity contribution in [2.75, 3.05) is 11.9 Å². The Hall–Kier alpha value is -1.38. The summed E-state index contributed by atoms with van der Waals surface area (Å²) in [6.07, 6.45) is -6.28. The van der Waals surface area contributed by atoms with Crippen molar-refractivity contribution >= 4 is 5.69 Å². The van der Waals surface area contributed by atoms with Gasteiger partial charge < -0.3 is 35.6 Å². The summed E-state index contributed by atoms with van der Waals surface area (Å²) in [4.78, 5) is 0. The molecule has 7 nitrogen and oxygen atoms in total. The van der Waals surface area contributed by atoms with Gasteiger partial charge in [-0.1, -0.05) is 12.1 Å². The zero-order chi connectivity index (χ0) is 14.0. The summed E-state index contributed by atoms with van der Waals surface area (Å²) in [6.45, 7) is -0.496. The Morgan fingerprint density at radius 3 is 2.37 bits per heavy atom. The third kappa shape index (κ3) is 2.80. The van der Waals surface area contributed by atoms with Crippen LogP contribution in [0.3, 0.4) is 0 Å². The fourth-order valence-corrected chi connectivity index (χ4v) is 1.97. The molecule has 2 rings (SSSR count). The normalized spacial score (nSPS) is 35.1. The molecule has 1 unspecified atom stereocenters.